The lowest BCUT2D eigenvalue weighted by atomic mass is 10.2. The molecule has 3 aromatic rings. The van der Waals surface area contributed by atoms with E-state index in [4.69, 9.17) is 4.74 Å². The Bertz CT molecular complexity index is 1250. The smallest absolute Gasteiger partial charge is 0.378 e. The SMILES string of the molecule is CC(COCc1cc2n(n1)CCN(c1ncc(C(F)(F)F)cn1)C2)Nc1cn[nH]c(=O)c1C(F)(F)F. The predicted octanol–water partition coefficient (Wildman–Crippen LogP) is 2.83. The normalized spacial score (nSPS) is 15.0. The molecule has 0 saturated heterocycles. The van der Waals surface area contributed by atoms with E-state index in [0.717, 1.165) is 24.3 Å². The van der Waals surface area contributed by atoms with Crippen molar-refractivity contribution in [3.63, 3.8) is 0 Å². The van der Waals surface area contributed by atoms with Gasteiger partial charge in [0.05, 0.1) is 55.1 Å². The highest BCUT2D eigenvalue weighted by molar-refractivity contribution is 5.50. The second kappa shape index (κ2) is 9.75. The van der Waals surface area contributed by atoms with Gasteiger partial charge in [-0.1, -0.05) is 0 Å². The van der Waals surface area contributed by atoms with Gasteiger partial charge in [-0.3, -0.25) is 9.48 Å². The highest BCUT2D eigenvalue weighted by Gasteiger charge is 2.37. The van der Waals surface area contributed by atoms with Crippen LogP contribution in [0, 0.1) is 0 Å². The Morgan fingerprint density at radius 3 is 2.50 bits per heavy atom. The molecular weight excluding hydrogens is 498 g/mol. The summed E-state index contributed by atoms with van der Waals surface area (Å²) in [6.07, 6.45) is -7.01. The maximum atomic E-state index is 13.2. The van der Waals surface area contributed by atoms with Gasteiger partial charge >= 0.3 is 12.4 Å². The number of halogens is 6. The van der Waals surface area contributed by atoms with E-state index in [-0.39, 0.29) is 19.2 Å². The quantitative estimate of drug-likeness (QED) is 0.459. The number of anilines is 2. The van der Waals surface area contributed by atoms with E-state index < -0.39 is 40.8 Å². The highest BCUT2D eigenvalue weighted by atomic mass is 19.4. The van der Waals surface area contributed by atoms with E-state index in [9.17, 15) is 31.1 Å². The van der Waals surface area contributed by atoms with E-state index in [0.29, 0.717) is 25.3 Å². The summed E-state index contributed by atoms with van der Waals surface area (Å²) in [6.45, 7) is 2.88. The van der Waals surface area contributed by atoms with Crippen molar-refractivity contribution in [2.75, 3.05) is 23.4 Å². The molecule has 3 aromatic heterocycles. The molecule has 0 amide bonds. The van der Waals surface area contributed by atoms with Crippen LogP contribution < -0.4 is 15.8 Å². The summed E-state index contributed by atoms with van der Waals surface area (Å²) in [5, 5.41) is 12.2. The zero-order chi connectivity index (χ0) is 26.1. The second-order valence-corrected chi connectivity index (χ2v) is 8.09. The fourth-order valence-electron chi connectivity index (χ4n) is 3.63. The molecule has 0 fully saturated rings. The number of nitrogens with zero attached hydrogens (tertiary/aromatic N) is 6. The minimum Gasteiger partial charge on any atom is -0.378 e. The van der Waals surface area contributed by atoms with Crippen molar-refractivity contribution in [1.82, 2.24) is 29.9 Å². The lowest BCUT2D eigenvalue weighted by molar-refractivity contribution is -0.139. The number of ether oxygens (including phenoxy) is 1. The number of fused-ring (bicyclic) bond motifs is 1. The fourth-order valence-corrected chi connectivity index (χ4v) is 3.63. The van der Waals surface area contributed by atoms with Crippen molar-refractivity contribution in [2.45, 2.75) is 45.0 Å². The van der Waals surface area contributed by atoms with E-state index >= 15 is 0 Å². The lowest BCUT2D eigenvalue weighted by Gasteiger charge is -2.27. The third kappa shape index (κ3) is 5.75. The molecule has 36 heavy (non-hydrogen) atoms. The molecule has 0 aliphatic carbocycles. The molecule has 0 aromatic carbocycles. The molecule has 1 aliphatic rings. The largest absolute Gasteiger partial charge is 0.423 e. The number of hydrogen-bond donors (Lipinski definition) is 2. The number of rotatable bonds is 7. The summed E-state index contributed by atoms with van der Waals surface area (Å²) >= 11 is 0. The van der Waals surface area contributed by atoms with Gasteiger partial charge in [-0.2, -0.15) is 36.5 Å². The summed E-state index contributed by atoms with van der Waals surface area (Å²) in [6, 6.07) is 1.18. The third-order valence-electron chi connectivity index (χ3n) is 5.26. The van der Waals surface area contributed by atoms with Crippen LogP contribution in [0.15, 0.2) is 29.5 Å². The van der Waals surface area contributed by atoms with Crippen LogP contribution in [0.2, 0.25) is 0 Å². The Balaban J connectivity index is 1.32. The molecule has 1 aliphatic heterocycles. The van der Waals surface area contributed by atoms with Gasteiger partial charge in [0.2, 0.25) is 5.95 Å². The van der Waals surface area contributed by atoms with Crippen molar-refractivity contribution in [2.24, 2.45) is 0 Å². The van der Waals surface area contributed by atoms with Crippen LogP contribution in [0.1, 0.15) is 29.4 Å². The second-order valence-electron chi connectivity index (χ2n) is 8.09. The standard InChI is InChI=1S/C20H20F6N8O2/c1-11(30-15-7-29-31-17(35)16(15)20(24,25)26)9-36-10-13-4-14-8-33(2-3-34(14)32-13)18-27-5-12(6-28-18)19(21,22)23/h4-7,11H,2-3,8-10H2,1H3,(H2,30,31,35). The lowest BCUT2D eigenvalue weighted by Crippen LogP contribution is -2.35. The van der Waals surface area contributed by atoms with Crippen LogP contribution in [0.25, 0.3) is 0 Å². The van der Waals surface area contributed by atoms with Gasteiger partial charge in [0.15, 0.2) is 0 Å². The van der Waals surface area contributed by atoms with Crippen LogP contribution in [0.4, 0.5) is 38.0 Å². The summed E-state index contributed by atoms with van der Waals surface area (Å²) in [4.78, 5) is 20.9. The highest BCUT2D eigenvalue weighted by Crippen LogP contribution is 2.32. The first-order chi connectivity index (χ1) is 16.9. The van der Waals surface area contributed by atoms with Crippen LogP contribution in [0.3, 0.4) is 0 Å². The Morgan fingerprint density at radius 2 is 1.83 bits per heavy atom. The topological polar surface area (TPSA) is 114 Å². The molecule has 0 spiro atoms. The molecule has 10 nitrogen and oxygen atoms in total. The fraction of sp³-hybridized carbons (Fsp3) is 0.450. The maximum Gasteiger partial charge on any atom is 0.423 e. The molecule has 0 radical (unpaired) electrons. The zero-order valence-electron chi connectivity index (χ0n) is 18.7. The molecule has 4 rings (SSSR count). The van der Waals surface area contributed by atoms with Crippen molar-refractivity contribution < 1.29 is 31.1 Å². The Morgan fingerprint density at radius 1 is 1.11 bits per heavy atom. The number of H-pyrrole nitrogens is 1. The van der Waals surface area contributed by atoms with E-state index in [1.54, 1.807) is 27.7 Å². The monoisotopic (exact) mass is 518 g/mol. The van der Waals surface area contributed by atoms with Crippen molar-refractivity contribution in [1.29, 1.82) is 0 Å². The Hall–Kier alpha value is -3.69. The van der Waals surface area contributed by atoms with Gasteiger partial charge in [0, 0.05) is 25.0 Å². The molecular formula is C20H20F6N8O2. The van der Waals surface area contributed by atoms with Gasteiger partial charge < -0.3 is 15.0 Å². The van der Waals surface area contributed by atoms with Gasteiger partial charge in [0.25, 0.3) is 5.56 Å². The van der Waals surface area contributed by atoms with E-state index in [1.807, 2.05) is 0 Å². The van der Waals surface area contributed by atoms with Gasteiger partial charge in [-0.15, -0.1) is 0 Å². The van der Waals surface area contributed by atoms with Gasteiger partial charge in [0.1, 0.15) is 5.56 Å². The number of hydrogen-bond acceptors (Lipinski definition) is 8. The van der Waals surface area contributed by atoms with E-state index in [2.05, 4.69) is 25.5 Å². The van der Waals surface area contributed by atoms with Crippen LogP contribution in [0.5, 0.6) is 0 Å². The third-order valence-corrected chi connectivity index (χ3v) is 5.26. The summed E-state index contributed by atoms with van der Waals surface area (Å²) in [5.41, 5.74) is -2.75. The van der Waals surface area contributed by atoms with Crippen molar-refractivity contribution in [3.8, 4) is 0 Å². The molecule has 0 bridgehead atoms. The number of nitrogens with one attached hydrogen (secondary N) is 2. The maximum absolute atomic E-state index is 13.2. The average molecular weight is 518 g/mol. The van der Waals surface area contributed by atoms with Crippen LogP contribution in [-0.2, 0) is 36.8 Å². The van der Waals surface area contributed by atoms with Crippen molar-refractivity contribution >= 4 is 11.6 Å². The van der Waals surface area contributed by atoms with E-state index in [1.165, 1.54) is 0 Å². The molecule has 2 N–H and O–H groups in total. The first-order valence-electron chi connectivity index (χ1n) is 10.6. The summed E-state index contributed by atoms with van der Waals surface area (Å²) in [5.74, 6) is 0.167. The Labute approximate surface area is 199 Å². The molecule has 1 unspecified atom stereocenters. The minimum atomic E-state index is -4.85. The van der Waals surface area contributed by atoms with Crippen molar-refractivity contribution in [3.05, 3.63) is 57.5 Å². The van der Waals surface area contributed by atoms with Gasteiger partial charge in [-0.25, -0.2) is 15.1 Å². The number of aromatic nitrogens is 6. The van der Waals surface area contributed by atoms with Crippen LogP contribution in [-0.4, -0.2) is 49.1 Å². The molecule has 0 saturated carbocycles. The molecule has 16 heteroatoms. The summed E-state index contributed by atoms with van der Waals surface area (Å²) in [7, 11) is 0. The first-order valence-corrected chi connectivity index (χ1v) is 10.6. The molecule has 194 valence electrons. The van der Waals surface area contributed by atoms with Gasteiger partial charge in [-0.05, 0) is 13.0 Å². The van der Waals surface area contributed by atoms with Crippen LogP contribution >= 0.6 is 0 Å². The Kier molecular flexibility index (Phi) is 6.88. The minimum absolute atomic E-state index is 0.0117. The molecule has 4 heterocycles. The number of aromatic amines is 1. The number of alkyl halides is 6. The zero-order valence-corrected chi connectivity index (χ0v) is 18.7. The summed E-state index contributed by atoms with van der Waals surface area (Å²) < 4.78 is 84.9. The molecule has 1 atom stereocenters. The first kappa shape index (κ1) is 25.4. The average Bonchev–Trinajstić information content (AvgIpc) is 3.19. The predicted molar refractivity (Wildman–Crippen MR) is 113 cm³/mol.